The summed E-state index contributed by atoms with van der Waals surface area (Å²) in [6, 6.07) is 0. The fourth-order valence-corrected chi connectivity index (χ4v) is 6.52. The maximum absolute atomic E-state index is 12.9. The summed E-state index contributed by atoms with van der Waals surface area (Å²) in [6.45, 7) is 3.19. The third kappa shape index (κ3) is 26.0. The van der Waals surface area contributed by atoms with Crippen molar-refractivity contribution < 1.29 is 69.0 Å². The van der Waals surface area contributed by atoms with Crippen molar-refractivity contribution in [1.29, 1.82) is 0 Å². The lowest BCUT2D eigenvalue weighted by molar-refractivity contribution is -0.332. The highest BCUT2D eigenvalue weighted by Crippen LogP contribution is 2.26. The molecule has 368 valence electrons. The average molecular weight is 917 g/mol. The molecule has 2 aliphatic rings. The third-order valence-corrected chi connectivity index (χ3v) is 10.3. The van der Waals surface area contributed by atoms with Gasteiger partial charge in [-0.3, -0.25) is 4.79 Å². The third-order valence-electron chi connectivity index (χ3n) is 10.3. The molecule has 0 aromatic heterocycles. The molecule has 2 saturated heterocycles. The van der Waals surface area contributed by atoms with Gasteiger partial charge in [-0.1, -0.05) is 130 Å². The van der Waals surface area contributed by atoms with Crippen LogP contribution in [0, 0.1) is 0 Å². The van der Waals surface area contributed by atoms with Crippen molar-refractivity contribution in [2.45, 2.75) is 171 Å². The largest absolute Gasteiger partial charge is 0.457 e. The van der Waals surface area contributed by atoms with E-state index in [4.69, 9.17) is 28.4 Å². The molecule has 0 bridgehead atoms. The zero-order valence-corrected chi connectivity index (χ0v) is 38.7. The van der Waals surface area contributed by atoms with Crippen molar-refractivity contribution in [3.63, 3.8) is 0 Å². The van der Waals surface area contributed by atoms with Crippen molar-refractivity contribution in [2.24, 2.45) is 0 Å². The molecule has 11 atom stereocenters. The summed E-state index contributed by atoms with van der Waals surface area (Å²) in [5, 5.41) is 72.0. The molecule has 65 heavy (non-hydrogen) atoms. The fraction of sp³-hybridized carbons (Fsp3) is 0.627. The fourth-order valence-electron chi connectivity index (χ4n) is 6.52. The Morgan fingerprint density at radius 3 is 1.46 bits per heavy atom. The minimum atomic E-state index is -1.73. The van der Waals surface area contributed by atoms with Gasteiger partial charge in [-0.25, -0.2) is 0 Å². The lowest BCUT2D eigenvalue weighted by Gasteiger charge is -2.42. The second kappa shape index (κ2) is 37.7. The van der Waals surface area contributed by atoms with E-state index in [1.807, 2.05) is 12.2 Å². The van der Waals surface area contributed by atoms with Gasteiger partial charge in [0.25, 0.3) is 0 Å². The Morgan fingerprint density at radius 1 is 0.508 bits per heavy atom. The molecular formula is C51H80O14. The Kier molecular flexibility index (Phi) is 33.5. The lowest BCUT2D eigenvalue weighted by atomic mass is 9.98. The average Bonchev–Trinajstić information content (AvgIpc) is 3.30. The van der Waals surface area contributed by atoms with E-state index in [1.165, 1.54) is 0 Å². The second-order valence-corrected chi connectivity index (χ2v) is 15.8. The molecule has 11 unspecified atom stereocenters. The number of esters is 1. The Bertz CT molecular complexity index is 1480. The number of allylic oxidation sites excluding steroid dienone is 17. The number of unbranched alkanes of at least 4 members (excludes halogenated alkanes) is 3. The van der Waals surface area contributed by atoms with Crippen LogP contribution in [0.4, 0.5) is 0 Å². The van der Waals surface area contributed by atoms with Crippen LogP contribution in [0.1, 0.15) is 104 Å². The van der Waals surface area contributed by atoms with Crippen LogP contribution >= 0.6 is 0 Å². The highest BCUT2D eigenvalue weighted by atomic mass is 16.7. The zero-order valence-electron chi connectivity index (χ0n) is 38.7. The zero-order chi connectivity index (χ0) is 47.3. The summed E-state index contributed by atoms with van der Waals surface area (Å²) in [6.07, 6.45) is 33.3. The highest BCUT2D eigenvalue weighted by molar-refractivity contribution is 5.71. The van der Waals surface area contributed by atoms with Crippen LogP contribution in [0.3, 0.4) is 0 Å². The number of ether oxygens (including phenoxy) is 6. The van der Waals surface area contributed by atoms with Gasteiger partial charge in [-0.2, -0.15) is 0 Å². The Labute approximate surface area is 387 Å². The van der Waals surface area contributed by atoms with Gasteiger partial charge in [-0.15, -0.1) is 0 Å². The quantitative estimate of drug-likeness (QED) is 0.0222. The molecule has 2 heterocycles. The molecule has 7 N–H and O–H groups in total. The van der Waals surface area contributed by atoms with E-state index in [0.717, 1.165) is 77.0 Å². The maximum atomic E-state index is 12.9. The van der Waals surface area contributed by atoms with Crippen molar-refractivity contribution in [3.05, 3.63) is 109 Å². The Balaban J connectivity index is 1.87. The monoisotopic (exact) mass is 917 g/mol. The van der Waals surface area contributed by atoms with Gasteiger partial charge in [0.2, 0.25) is 0 Å². The number of carbonyl (C=O) groups excluding carboxylic acids is 1. The summed E-state index contributed by atoms with van der Waals surface area (Å²) in [5.41, 5.74) is 0. The lowest BCUT2D eigenvalue weighted by Crippen LogP contribution is -2.61. The second-order valence-electron chi connectivity index (χ2n) is 15.8. The van der Waals surface area contributed by atoms with Gasteiger partial charge < -0.3 is 64.2 Å². The molecule has 2 aliphatic heterocycles. The summed E-state index contributed by atoms with van der Waals surface area (Å²) in [4.78, 5) is 12.9. The molecule has 14 nitrogen and oxygen atoms in total. The SMILES string of the molecule is CC/C=C\C/C=C\C/C=C\C/C=C\C/C=C\CC(=O)OC(COCCCCC/C=C\C/C=C\C/C=C\C/C=C\CC)COC1OC(COC2OC(CO)C(O)C(O)C2O)C(O)C(O)C1O. The highest BCUT2D eigenvalue weighted by Gasteiger charge is 2.47. The summed E-state index contributed by atoms with van der Waals surface area (Å²) in [7, 11) is 0. The minimum absolute atomic E-state index is 0.00610. The molecule has 0 spiro atoms. The summed E-state index contributed by atoms with van der Waals surface area (Å²) < 4.78 is 34.0. The molecule has 0 radical (unpaired) electrons. The number of carbonyl (C=O) groups is 1. The van der Waals surface area contributed by atoms with E-state index in [0.29, 0.717) is 13.0 Å². The molecule has 0 aromatic rings. The van der Waals surface area contributed by atoms with E-state index >= 15 is 0 Å². The first kappa shape index (κ1) is 57.8. The van der Waals surface area contributed by atoms with E-state index < -0.39 is 86.7 Å². The van der Waals surface area contributed by atoms with Crippen LogP contribution in [-0.4, -0.2) is 142 Å². The van der Waals surface area contributed by atoms with Gasteiger partial charge in [0, 0.05) is 6.61 Å². The van der Waals surface area contributed by atoms with Gasteiger partial charge in [0.05, 0.1) is 32.8 Å². The van der Waals surface area contributed by atoms with Gasteiger partial charge >= 0.3 is 5.97 Å². The minimum Gasteiger partial charge on any atom is -0.457 e. The first-order chi connectivity index (χ1) is 31.6. The number of aliphatic hydroxyl groups is 7. The Morgan fingerprint density at radius 2 is 0.954 bits per heavy atom. The molecule has 0 saturated carbocycles. The van der Waals surface area contributed by atoms with Crippen LogP contribution in [0.25, 0.3) is 0 Å². The number of hydrogen-bond donors (Lipinski definition) is 7. The number of rotatable bonds is 34. The van der Waals surface area contributed by atoms with Crippen LogP contribution in [-0.2, 0) is 33.2 Å². The first-order valence-electron chi connectivity index (χ1n) is 23.5. The molecule has 14 heteroatoms. The van der Waals surface area contributed by atoms with Gasteiger partial charge in [0.15, 0.2) is 12.6 Å². The predicted octanol–water partition coefficient (Wildman–Crippen LogP) is 6.06. The first-order valence-corrected chi connectivity index (χ1v) is 23.5. The smallest absolute Gasteiger partial charge is 0.310 e. The predicted molar refractivity (Wildman–Crippen MR) is 251 cm³/mol. The van der Waals surface area contributed by atoms with Crippen LogP contribution < -0.4 is 0 Å². The van der Waals surface area contributed by atoms with Crippen molar-refractivity contribution in [1.82, 2.24) is 0 Å². The van der Waals surface area contributed by atoms with Crippen molar-refractivity contribution in [2.75, 3.05) is 33.0 Å². The maximum Gasteiger partial charge on any atom is 0.310 e. The molecule has 2 fully saturated rings. The normalized spacial score (nSPS) is 27.5. The molecule has 0 aromatic carbocycles. The topological polar surface area (TPSA) is 214 Å². The van der Waals surface area contributed by atoms with Gasteiger partial charge in [-0.05, 0) is 77.0 Å². The summed E-state index contributed by atoms with van der Waals surface area (Å²) in [5.74, 6) is -0.520. The molecule has 0 aliphatic carbocycles. The van der Waals surface area contributed by atoms with E-state index in [1.54, 1.807) is 6.08 Å². The Hall–Kier alpha value is -3.35. The molecular weight excluding hydrogens is 837 g/mol. The van der Waals surface area contributed by atoms with E-state index in [9.17, 15) is 40.5 Å². The van der Waals surface area contributed by atoms with Crippen LogP contribution in [0.15, 0.2) is 109 Å². The van der Waals surface area contributed by atoms with E-state index in [2.05, 4.69) is 105 Å². The molecule has 0 amide bonds. The number of hydrogen-bond acceptors (Lipinski definition) is 14. The van der Waals surface area contributed by atoms with E-state index in [-0.39, 0.29) is 19.6 Å². The van der Waals surface area contributed by atoms with Crippen molar-refractivity contribution in [3.8, 4) is 0 Å². The van der Waals surface area contributed by atoms with Crippen LogP contribution in [0.2, 0.25) is 0 Å². The van der Waals surface area contributed by atoms with Gasteiger partial charge in [0.1, 0.15) is 54.9 Å². The standard InChI is InChI=1S/C51H80O14/c1-3-5-7-9-11-13-15-17-19-21-23-25-27-29-31-33-35-60-37-40(63-43(53)34-32-30-28-26-24-22-20-18-16-14-12-10-8-6-4-2)38-61-50-49(59)47(57)45(55)42(65-50)39-62-51-48(58)46(56)44(54)41(36-52)64-51/h5-8,11-14,17-20,23-26,30,32,40-42,44-52,54-59H,3-4,9-10,15-16,21-22,27-29,31,33-39H2,1-2H3/b7-5-,8-6-,13-11-,14-12-,19-17-,20-18-,25-23-,26-24-,32-30-. The number of aliphatic hydroxyl groups excluding tert-OH is 7. The van der Waals surface area contributed by atoms with Crippen LogP contribution in [0.5, 0.6) is 0 Å². The van der Waals surface area contributed by atoms with Crippen molar-refractivity contribution >= 4 is 5.97 Å². The summed E-state index contributed by atoms with van der Waals surface area (Å²) >= 11 is 0. The molecule has 2 rings (SSSR count).